The molecule has 1 unspecified atom stereocenters. The summed E-state index contributed by atoms with van der Waals surface area (Å²) in [6.07, 6.45) is 0. The molecule has 0 saturated heterocycles. The molecule has 80 valence electrons. The Morgan fingerprint density at radius 3 is 2.20 bits per heavy atom. The second-order valence-corrected chi connectivity index (χ2v) is 3.70. The molecule has 5 heteroatoms. The first kappa shape index (κ1) is 12.0. The third kappa shape index (κ3) is 2.70. The molecule has 0 aliphatic carbocycles. The van der Waals surface area contributed by atoms with Crippen LogP contribution in [0.15, 0.2) is 30.3 Å². The van der Waals surface area contributed by atoms with Crippen molar-refractivity contribution in [2.45, 2.75) is 12.0 Å². The van der Waals surface area contributed by atoms with Crippen LogP contribution in [-0.4, -0.2) is 11.2 Å². The average Bonchev–Trinajstić information content (AvgIpc) is 2.17. The van der Waals surface area contributed by atoms with Gasteiger partial charge in [-0.25, -0.2) is 0 Å². The first-order valence-electron chi connectivity index (χ1n) is 4.11. The van der Waals surface area contributed by atoms with Gasteiger partial charge in [-0.2, -0.15) is 0 Å². The van der Waals surface area contributed by atoms with Gasteiger partial charge in [-0.3, -0.25) is 9.59 Å². The van der Waals surface area contributed by atoms with Gasteiger partial charge >= 0.3 is 5.97 Å². The summed E-state index contributed by atoms with van der Waals surface area (Å²) in [7, 11) is 0. The Hall–Kier alpha value is -1.06. The zero-order valence-electron chi connectivity index (χ0n) is 7.87. The Morgan fingerprint density at radius 2 is 1.80 bits per heavy atom. The Kier molecular flexibility index (Phi) is 3.72. The minimum atomic E-state index is -1.94. The molecule has 1 rings (SSSR count). The van der Waals surface area contributed by atoms with Crippen LogP contribution >= 0.6 is 23.2 Å². The summed E-state index contributed by atoms with van der Waals surface area (Å²) >= 11 is 11.2. The lowest BCUT2D eigenvalue weighted by molar-refractivity contribution is -0.154. The number of esters is 1. The molecule has 1 aromatic rings. The smallest absolute Gasteiger partial charge is 0.305 e. The third-order valence-electron chi connectivity index (χ3n) is 1.68. The summed E-state index contributed by atoms with van der Waals surface area (Å²) in [6.45, 7) is 1.15. The van der Waals surface area contributed by atoms with E-state index < -0.39 is 16.3 Å². The van der Waals surface area contributed by atoms with Gasteiger partial charge in [0.25, 0.3) is 10.3 Å². The van der Waals surface area contributed by atoms with Crippen molar-refractivity contribution in [2.75, 3.05) is 0 Å². The lowest BCUT2D eigenvalue weighted by Crippen LogP contribution is -2.31. The largest absolute Gasteiger partial charge is 0.430 e. The second kappa shape index (κ2) is 4.64. The van der Waals surface area contributed by atoms with E-state index in [1.54, 1.807) is 30.3 Å². The lowest BCUT2D eigenvalue weighted by Gasteiger charge is -2.22. The maximum Gasteiger partial charge on any atom is 0.305 e. The van der Waals surface area contributed by atoms with Crippen LogP contribution in [0.3, 0.4) is 0 Å². The fourth-order valence-electron chi connectivity index (χ4n) is 1.06. The Morgan fingerprint density at radius 1 is 1.27 bits per heavy atom. The SMILES string of the molecule is CC(=O)OC(Cl)(C(=O)Cl)c1ccccc1. The van der Waals surface area contributed by atoms with Crippen molar-refractivity contribution in [2.24, 2.45) is 0 Å². The van der Waals surface area contributed by atoms with Crippen LogP contribution in [0.25, 0.3) is 0 Å². The van der Waals surface area contributed by atoms with Crippen LogP contribution in [-0.2, 0) is 19.4 Å². The molecule has 15 heavy (non-hydrogen) atoms. The van der Waals surface area contributed by atoms with E-state index in [0.717, 1.165) is 6.92 Å². The highest BCUT2D eigenvalue weighted by Crippen LogP contribution is 2.33. The summed E-state index contributed by atoms with van der Waals surface area (Å²) in [5.41, 5.74) is 0.321. The van der Waals surface area contributed by atoms with Gasteiger partial charge in [0.15, 0.2) is 0 Å². The number of carbonyl (C=O) groups excluding carboxylic acids is 2. The van der Waals surface area contributed by atoms with Crippen LogP contribution in [0.4, 0.5) is 0 Å². The summed E-state index contributed by atoms with van der Waals surface area (Å²) in [6, 6.07) is 8.17. The normalized spacial score (nSPS) is 14.1. The van der Waals surface area contributed by atoms with Crippen LogP contribution in [0.2, 0.25) is 0 Å². The van der Waals surface area contributed by atoms with E-state index in [2.05, 4.69) is 0 Å². The Labute approximate surface area is 96.9 Å². The zero-order valence-corrected chi connectivity index (χ0v) is 9.38. The van der Waals surface area contributed by atoms with Gasteiger partial charge < -0.3 is 4.74 Å². The van der Waals surface area contributed by atoms with E-state index in [0.29, 0.717) is 5.56 Å². The van der Waals surface area contributed by atoms with E-state index in [9.17, 15) is 9.59 Å². The van der Waals surface area contributed by atoms with Crippen molar-refractivity contribution in [3.8, 4) is 0 Å². The molecule has 0 amide bonds. The van der Waals surface area contributed by atoms with Crippen LogP contribution in [0.1, 0.15) is 12.5 Å². The van der Waals surface area contributed by atoms with Crippen molar-refractivity contribution < 1.29 is 14.3 Å². The first-order valence-corrected chi connectivity index (χ1v) is 4.86. The molecule has 0 fully saturated rings. The van der Waals surface area contributed by atoms with E-state index in [-0.39, 0.29) is 0 Å². The van der Waals surface area contributed by atoms with Crippen LogP contribution in [0, 0.1) is 0 Å². The van der Waals surface area contributed by atoms with Gasteiger partial charge in [0.2, 0.25) is 0 Å². The molecule has 0 radical (unpaired) electrons. The number of hydrogen-bond acceptors (Lipinski definition) is 3. The molecule has 0 saturated carbocycles. The fourth-order valence-corrected chi connectivity index (χ4v) is 1.45. The van der Waals surface area contributed by atoms with Crippen LogP contribution in [0.5, 0.6) is 0 Å². The lowest BCUT2D eigenvalue weighted by atomic mass is 10.1. The van der Waals surface area contributed by atoms with Gasteiger partial charge in [-0.1, -0.05) is 41.9 Å². The number of carbonyl (C=O) groups is 2. The van der Waals surface area contributed by atoms with Gasteiger partial charge in [0.05, 0.1) is 0 Å². The van der Waals surface area contributed by atoms with E-state index >= 15 is 0 Å². The number of alkyl halides is 1. The zero-order chi connectivity index (χ0) is 11.5. The summed E-state index contributed by atoms with van der Waals surface area (Å²) < 4.78 is 4.73. The van der Waals surface area contributed by atoms with Gasteiger partial charge in [-0.05, 0) is 11.6 Å². The molecular weight excluding hydrogens is 239 g/mol. The van der Waals surface area contributed by atoms with Gasteiger partial charge in [0, 0.05) is 12.5 Å². The predicted octanol–water partition coefficient (Wildman–Crippen LogP) is 2.41. The molecular formula is C10H8Cl2O3. The highest BCUT2D eigenvalue weighted by atomic mass is 35.5. The standard InChI is InChI=1S/C10H8Cl2O3/c1-7(13)15-10(12,9(11)14)8-5-3-2-4-6-8/h2-6H,1H3. The fraction of sp³-hybridized carbons (Fsp3) is 0.200. The van der Waals surface area contributed by atoms with Crippen molar-refractivity contribution in [3.63, 3.8) is 0 Å². The molecule has 0 spiro atoms. The van der Waals surface area contributed by atoms with Crippen molar-refractivity contribution in [1.29, 1.82) is 0 Å². The number of halogens is 2. The minimum absolute atomic E-state index is 0.321. The van der Waals surface area contributed by atoms with Gasteiger partial charge in [0.1, 0.15) is 0 Å². The third-order valence-corrected chi connectivity index (χ3v) is 2.51. The molecule has 1 atom stereocenters. The molecule has 0 aromatic heterocycles. The van der Waals surface area contributed by atoms with E-state index in [1.165, 1.54) is 0 Å². The Balaban J connectivity index is 3.13. The van der Waals surface area contributed by atoms with Crippen molar-refractivity contribution in [1.82, 2.24) is 0 Å². The first-order chi connectivity index (χ1) is 6.97. The number of hydrogen-bond donors (Lipinski definition) is 0. The number of benzene rings is 1. The molecule has 1 aromatic carbocycles. The van der Waals surface area contributed by atoms with Gasteiger partial charge in [-0.15, -0.1) is 0 Å². The molecule has 3 nitrogen and oxygen atoms in total. The Bertz CT molecular complexity index is 378. The van der Waals surface area contributed by atoms with Crippen LogP contribution < -0.4 is 0 Å². The molecule has 0 aliphatic heterocycles. The number of rotatable bonds is 3. The average molecular weight is 247 g/mol. The topological polar surface area (TPSA) is 43.4 Å². The highest BCUT2D eigenvalue weighted by Gasteiger charge is 2.40. The summed E-state index contributed by atoms with van der Waals surface area (Å²) in [5, 5.41) is -2.89. The van der Waals surface area contributed by atoms with E-state index in [4.69, 9.17) is 27.9 Å². The molecule has 0 aliphatic rings. The van der Waals surface area contributed by atoms with Crippen molar-refractivity contribution >= 4 is 34.4 Å². The maximum absolute atomic E-state index is 11.2. The quantitative estimate of drug-likeness (QED) is 0.468. The number of ether oxygens (including phenoxy) is 1. The monoisotopic (exact) mass is 246 g/mol. The predicted molar refractivity (Wildman–Crippen MR) is 56.6 cm³/mol. The molecule has 0 N–H and O–H groups in total. The maximum atomic E-state index is 11.2. The second-order valence-electron chi connectivity index (χ2n) is 2.83. The highest BCUT2D eigenvalue weighted by molar-refractivity contribution is 6.70. The summed E-state index contributed by atoms with van der Waals surface area (Å²) in [4.78, 5) is 22.0. The van der Waals surface area contributed by atoms with Crippen molar-refractivity contribution in [3.05, 3.63) is 35.9 Å². The molecule has 0 heterocycles. The summed E-state index contributed by atoms with van der Waals surface area (Å²) in [5.74, 6) is -0.678. The minimum Gasteiger partial charge on any atom is -0.430 e. The van der Waals surface area contributed by atoms with E-state index in [1.807, 2.05) is 0 Å². The molecule has 0 bridgehead atoms.